The van der Waals surface area contributed by atoms with Crippen LogP contribution in [-0.4, -0.2) is 60.8 Å². The molecule has 2 spiro atoms. The van der Waals surface area contributed by atoms with Crippen molar-refractivity contribution in [3.63, 3.8) is 0 Å². The zero-order valence-corrected chi connectivity index (χ0v) is 23.8. The standard InChI is InChI=1S/C26H40N2O6S2/c1-6-16(22(30)28-20-13-18-8-10-26(20,24(18,4)5)15-36(28,33)34)11-21(29)27-19-12-17-7-9-25(19,23(17,2)3)14-35(27,31)32/h16-20H,6-15H2,1-5H3/t16-,17+,18+,19+,20+,25+,26+/m0/s1. The molecule has 6 fully saturated rings. The maximum atomic E-state index is 13.8. The van der Waals surface area contributed by atoms with E-state index in [9.17, 15) is 26.4 Å². The predicted molar refractivity (Wildman–Crippen MR) is 134 cm³/mol. The molecule has 0 aromatic rings. The summed E-state index contributed by atoms with van der Waals surface area (Å²) in [6.45, 7) is 10.3. The fraction of sp³-hybridized carbons (Fsp3) is 0.923. The van der Waals surface area contributed by atoms with Gasteiger partial charge in [-0.3, -0.25) is 9.59 Å². The first-order chi connectivity index (χ1) is 16.6. The molecule has 2 amide bonds. The Bertz CT molecular complexity index is 1260. The number of rotatable bonds is 4. The molecule has 4 aliphatic carbocycles. The van der Waals surface area contributed by atoms with E-state index in [1.54, 1.807) is 6.92 Å². The Balaban J connectivity index is 1.27. The van der Waals surface area contributed by atoms with Crippen LogP contribution in [0.2, 0.25) is 0 Å². The Labute approximate surface area is 215 Å². The first-order valence-electron chi connectivity index (χ1n) is 13.7. The monoisotopic (exact) mass is 540 g/mol. The van der Waals surface area contributed by atoms with Crippen LogP contribution in [0.5, 0.6) is 0 Å². The highest BCUT2D eigenvalue weighted by Gasteiger charge is 2.74. The summed E-state index contributed by atoms with van der Waals surface area (Å²) < 4.78 is 55.6. The van der Waals surface area contributed by atoms with E-state index in [4.69, 9.17) is 0 Å². The van der Waals surface area contributed by atoms with Gasteiger partial charge in [0, 0.05) is 23.2 Å². The fourth-order valence-corrected chi connectivity index (χ4v) is 15.2. The Kier molecular flexibility index (Phi) is 4.94. The first kappa shape index (κ1) is 25.1. The molecule has 7 atom stereocenters. The molecule has 0 radical (unpaired) electrons. The molecular formula is C26H40N2O6S2. The van der Waals surface area contributed by atoms with E-state index in [1.165, 1.54) is 0 Å². The second-order valence-electron chi connectivity index (χ2n) is 13.9. The smallest absolute Gasteiger partial charge is 0.239 e. The molecule has 0 N–H and O–H groups in total. The summed E-state index contributed by atoms with van der Waals surface area (Å²) in [6.07, 6.45) is 5.00. The third kappa shape index (κ3) is 2.71. The van der Waals surface area contributed by atoms with Crippen molar-refractivity contribution in [1.29, 1.82) is 0 Å². The molecule has 6 rings (SSSR count). The van der Waals surface area contributed by atoms with Crippen molar-refractivity contribution >= 4 is 31.9 Å². The normalized spacial score (nSPS) is 44.6. The van der Waals surface area contributed by atoms with Crippen LogP contribution >= 0.6 is 0 Å². The van der Waals surface area contributed by atoms with Gasteiger partial charge in [-0.2, -0.15) is 0 Å². The summed E-state index contributed by atoms with van der Waals surface area (Å²) >= 11 is 0. The molecule has 2 heterocycles. The Morgan fingerprint density at radius 1 is 0.806 bits per heavy atom. The van der Waals surface area contributed by atoms with E-state index in [2.05, 4.69) is 27.7 Å². The van der Waals surface area contributed by atoms with Gasteiger partial charge in [-0.1, -0.05) is 34.6 Å². The third-order valence-electron chi connectivity index (χ3n) is 12.5. The predicted octanol–water partition coefficient (Wildman–Crippen LogP) is 3.14. The maximum Gasteiger partial charge on any atom is 0.239 e. The summed E-state index contributed by atoms with van der Waals surface area (Å²) in [5.41, 5.74) is -1.14. The molecule has 4 bridgehead atoms. The summed E-state index contributed by atoms with van der Waals surface area (Å²) in [5.74, 6) is -1.14. The number of sulfonamides is 2. The zero-order chi connectivity index (χ0) is 26.3. The van der Waals surface area contributed by atoms with E-state index in [1.807, 2.05) is 0 Å². The highest BCUT2D eigenvalue weighted by Crippen LogP contribution is 2.71. The zero-order valence-electron chi connectivity index (χ0n) is 22.1. The van der Waals surface area contributed by atoms with E-state index in [0.717, 1.165) is 34.3 Å². The lowest BCUT2D eigenvalue weighted by Gasteiger charge is -2.38. The van der Waals surface area contributed by atoms with E-state index < -0.39 is 48.6 Å². The van der Waals surface area contributed by atoms with Gasteiger partial charge in [0.25, 0.3) is 0 Å². The molecule has 202 valence electrons. The fourth-order valence-electron chi connectivity index (χ4n) is 10.1. The van der Waals surface area contributed by atoms with Gasteiger partial charge in [0.2, 0.25) is 31.9 Å². The van der Waals surface area contributed by atoms with Gasteiger partial charge in [0.1, 0.15) is 0 Å². The van der Waals surface area contributed by atoms with Crippen molar-refractivity contribution in [3.05, 3.63) is 0 Å². The largest absolute Gasteiger partial charge is 0.274 e. The summed E-state index contributed by atoms with van der Waals surface area (Å²) in [6, 6.07) is -0.695. The molecule has 2 aliphatic heterocycles. The van der Waals surface area contributed by atoms with Gasteiger partial charge < -0.3 is 0 Å². The lowest BCUT2D eigenvalue weighted by atomic mass is 9.69. The van der Waals surface area contributed by atoms with Crippen molar-refractivity contribution < 1.29 is 26.4 Å². The van der Waals surface area contributed by atoms with Crippen LogP contribution in [0.3, 0.4) is 0 Å². The van der Waals surface area contributed by atoms with E-state index in [-0.39, 0.29) is 40.8 Å². The second kappa shape index (κ2) is 7.07. The Hall–Kier alpha value is -1.16. The Morgan fingerprint density at radius 3 is 1.69 bits per heavy atom. The number of carbonyl (C=O) groups excluding carboxylic acids is 2. The lowest BCUT2D eigenvalue weighted by molar-refractivity contribution is -0.139. The van der Waals surface area contributed by atoms with E-state index in [0.29, 0.717) is 31.1 Å². The Morgan fingerprint density at radius 2 is 1.25 bits per heavy atom. The van der Waals surface area contributed by atoms with Gasteiger partial charge in [-0.25, -0.2) is 25.4 Å². The van der Waals surface area contributed by atoms with Crippen molar-refractivity contribution in [1.82, 2.24) is 8.61 Å². The molecule has 8 nitrogen and oxygen atoms in total. The average molecular weight is 541 g/mol. The van der Waals surface area contributed by atoms with Crippen LogP contribution in [0.4, 0.5) is 0 Å². The molecule has 0 unspecified atom stereocenters. The SMILES string of the molecule is CC[C@@H](CC(=O)N1[C@@H]2C[C@H]3CC[C@]2(CS1(=O)=O)C3(C)C)C(=O)N1[C@@H]2C[C@H]3CC[C@]2(CS1(=O)=O)C3(C)C. The van der Waals surface area contributed by atoms with Crippen LogP contribution in [0.25, 0.3) is 0 Å². The average Bonchev–Trinajstić information content (AvgIpc) is 3.45. The van der Waals surface area contributed by atoms with Gasteiger partial charge in [0.05, 0.1) is 23.6 Å². The van der Waals surface area contributed by atoms with Crippen molar-refractivity contribution in [2.75, 3.05) is 11.5 Å². The van der Waals surface area contributed by atoms with Crippen molar-refractivity contribution in [2.24, 2.45) is 39.4 Å². The highest BCUT2D eigenvalue weighted by molar-refractivity contribution is 7.90. The third-order valence-corrected chi connectivity index (χ3v) is 16.4. The van der Waals surface area contributed by atoms with Gasteiger partial charge >= 0.3 is 0 Å². The van der Waals surface area contributed by atoms with Crippen molar-refractivity contribution in [3.8, 4) is 0 Å². The van der Waals surface area contributed by atoms with E-state index >= 15 is 0 Å². The van der Waals surface area contributed by atoms with Crippen LogP contribution in [0, 0.1) is 39.4 Å². The van der Waals surface area contributed by atoms with Gasteiger partial charge in [-0.15, -0.1) is 0 Å². The maximum absolute atomic E-state index is 13.8. The number of fused-ring (bicyclic) bond motifs is 2. The lowest BCUT2D eigenvalue weighted by Crippen LogP contribution is -2.48. The van der Waals surface area contributed by atoms with Crippen LogP contribution in [-0.2, 0) is 29.6 Å². The highest BCUT2D eigenvalue weighted by atomic mass is 32.2. The minimum absolute atomic E-state index is 0.00772. The number of nitrogens with zero attached hydrogens (tertiary/aromatic N) is 2. The summed E-state index contributed by atoms with van der Waals surface area (Å²) in [5, 5.41) is 0. The van der Waals surface area contributed by atoms with Crippen LogP contribution in [0.15, 0.2) is 0 Å². The number of carbonyl (C=O) groups is 2. The number of hydrogen-bond acceptors (Lipinski definition) is 6. The van der Waals surface area contributed by atoms with Gasteiger partial charge in [0.15, 0.2) is 0 Å². The topological polar surface area (TPSA) is 109 Å². The van der Waals surface area contributed by atoms with Crippen LogP contribution < -0.4 is 0 Å². The molecule has 0 aromatic carbocycles. The summed E-state index contributed by atoms with van der Waals surface area (Å²) in [7, 11) is -7.57. The minimum Gasteiger partial charge on any atom is -0.274 e. The van der Waals surface area contributed by atoms with Gasteiger partial charge in [-0.05, 0) is 67.6 Å². The van der Waals surface area contributed by atoms with Crippen molar-refractivity contribution in [2.45, 2.75) is 98.1 Å². The number of amides is 2. The first-order valence-corrected chi connectivity index (χ1v) is 16.9. The molecule has 4 saturated carbocycles. The second-order valence-corrected chi connectivity index (χ2v) is 17.6. The summed E-state index contributed by atoms with van der Waals surface area (Å²) in [4.78, 5) is 27.4. The molecule has 2 saturated heterocycles. The number of hydrogen-bond donors (Lipinski definition) is 0. The molecule has 10 heteroatoms. The molecule has 36 heavy (non-hydrogen) atoms. The minimum atomic E-state index is -3.79. The quantitative estimate of drug-likeness (QED) is 0.542. The molecule has 0 aromatic heterocycles. The van der Waals surface area contributed by atoms with Crippen LogP contribution in [0.1, 0.15) is 86.0 Å². The molecule has 6 aliphatic rings. The molecular weight excluding hydrogens is 500 g/mol.